The zero-order valence-corrected chi connectivity index (χ0v) is 39.8. The molecule has 2 aliphatic carbocycles. The van der Waals surface area contributed by atoms with Crippen molar-refractivity contribution in [3.05, 3.63) is 294 Å². The van der Waals surface area contributed by atoms with Crippen LogP contribution in [0.1, 0.15) is 47.2 Å². The van der Waals surface area contributed by atoms with Crippen molar-refractivity contribution < 1.29 is 0 Å². The van der Waals surface area contributed by atoms with Crippen LogP contribution in [-0.2, 0) is 10.8 Å². The maximum Gasteiger partial charge on any atom is 0.0714 e. The highest BCUT2D eigenvalue weighted by Gasteiger charge is 2.47. The smallest absolute Gasteiger partial charge is 0.0714 e. The van der Waals surface area contributed by atoms with Gasteiger partial charge in [0.15, 0.2) is 0 Å². The van der Waals surface area contributed by atoms with Crippen LogP contribution in [0.25, 0.3) is 76.8 Å². The maximum atomic E-state index is 2.56. The number of rotatable bonds is 7. The lowest BCUT2D eigenvalue weighted by molar-refractivity contribution is 0.660. The zero-order valence-electron chi connectivity index (χ0n) is 39.8. The largest absolute Gasteiger partial charge is 0.310 e. The van der Waals surface area contributed by atoms with Crippen LogP contribution in [0.15, 0.2) is 261 Å². The van der Waals surface area contributed by atoms with Crippen LogP contribution in [0.2, 0.25) is 0 Å². The fourth-order valence-electron chi connectivity index (χ4n) is 12.7. The molecule has 14 rings (SSSR count). The molecular formula is C70H49N. The van der Waals surface area contributed by atoms with Gasteiger partial charge in [0.2, 0.25) is 0 Å². The van der Waals surface area contributed by atoms with E-state index in [-0.39, 0.29) is 5.41 Å². The average Bonchev–Trinajstić information content (AvgIpc) is 3.86. The molecule has 0 saturated carbocycles. The molecule has 0 N–H and O–H groups in total. The topological polar surface area (TPSA) is 3.24 Å². The van der Waals surface area contributed by atoms with Gasteiger partial charge in [-0.1, -0.05) is 232 Å². The Balaban J connectivity index is 1.11. The van der Waals surface area contributed by atoms with Crippen molar-refractivity contribution in [2.45, 2.75) is 24.7 Å². The number of fused-ring (bicyclic) bond motifs is 12. The Bertz CT molecular complexity index is 3980. The first-order chi connectivity index (χ1) is 35.0. The molecule has 0 fully saturated rings. The normalized spacial score (nSPS) is 13.7. The molecule has 1 heteroatoms. The third kappa shape index (κ3) is 6.13. The molecule has 1 nitrogen and oxygen atoms in total. The van der Waals surface area contributed by atoms with Gasteiger partial charge >= 0.3 is 0 Å². The molecule has 12 aromatic rings. The molecule has 0 unspecified atom stereocenters. The number of benzene rings is 12. The second-order valence-electron chi connectivity index (χ2n) is 19.9. The van der Waals surface area contributed by atoms with Gasteiger partial charge < -0.3 is 4.90 Å². The van der Waals surface area contributed by atoms with Crippen LogP contribution in [0.5, 0.6) is 0 Å². The molecule has 12 aromatic carbocycles. The van der Waals surface area contributed by atoms with Crippen LogP contribution >= 0.6 is 0 Å². The molecule has 0 bridgehead atoms. The van der Waals surface area contributed by atoms with Gasteiger partial charge in [-0.05, 0) is 147 Å². The molecule has 0 heterocycles. The summed E-state index contributed by atoms with van der Waals surface area (Å²) in [7, 11) is 0. The molecule has 0 atom stereocenters. The van der Waals surface area contributed by atoms with E-state index >= 15 is 0 Å². The Labute approximate surface area is 415 Å². The summed E-state index contributed by atoms with van der Waals surface area (Å²) in [4.78, 5) is 2.55. The van der Waals surface area contributed by atoms with E-state index in [1.807, 2.05) is 0 Å². The first-order valence-electron chi connectivity index (χ1n) is 24.9. The van der Waals surface area contributed by atoms with Gasteiger partial charge in [0.1, 0.15) is 0 Å². The predicted molar refractivity (Wildman–Crippen MR) is 299 cm³/mol. The molecule has 0 amide bonds. The van der Waals surface area contributed by atoms with Crippen molar-refractivity contribution in [2.75, 3.05) is 4.90 Å². The molecular weight excluding hydrogens is 855 g/mol. The standard InChI is InChI=1S/C70H49N/c1-69(2)64-32-18-16-30-58(64)60-41-39-52(43-66(60)69)71(51-37-34-47(35-38-51)46-20-6-3-7-21-46)68-45-67-63(59-31-17-19-33-65(59)70(67,49-22-8-4-9-23-49)50-24-10-5-11-25-50)44-61(68)48-36-40-57-55-28-13-12-26-53(55)54-27-14-15-29-56(54)62(57)42-48/h3-45H,1-2H3. The molecule has 0 aromatic heterocycles. The van der Waals surface area contributed by atoms with Gasteiger partial charge in [0.25, 0.3) is 0 Å². The molecule has 0 saturated heterocycles. The first kappa shape index (κ1) is 41.2. The summed E-state index contributed by atoms with van der Waals surface area (Å²) in [6, 6.07) is 97.7. The first-order valence-corrected chi connectivity index (χ1v) is 24.9. The minimum Gasteiger partial charge on any atom is -0.310 e. The summed E-state index contributed by atoms with van der Waals surface area (Å²) in [6.45, 7) is 4.77. The fourth-order valence-corrected chi connectivity index (χ4v) is 12.7. The molecule has 334 valence electrons. The molecule has 71 heavy (non-hydrogen) atoms. The van der Waals surface area contributed by atoms with E-state index in [1.54, 1.807) is 0 Å². The molecule has 0 aliphatic heterocycles. The second kappa shape index (κ2) is 15.9. The van der Waals surface area contributed by atoms with E-state index in [9.17, 15) is 0 Å². The van der Waals surface area contributed by atoms with Crippen molar-refractivity contribution in [3.8, 4) is 44.5 Å². The minimum absolute atomic E-state index is 0.189. The Kier molecular flexibility index (Phi) is 9.22. The third-order valence-electron chi connectivity index (χ3n) is 15.9. The van der Waals surface area contributed by atoms with Crippen molar-refractivity contribution >= 4 is 49.4 Å². The van der Waals surface area contributed by atoms with E-state index in [0.29, 0.717) is 0 Å². The highest BCUT2D eigenvalue weighted by Crippen LogP contribution is 2.60. The quantitative estimate of drug-likeness (QED) is 0.144. The number of hydrogen-bond donors (Lipinski definition) is 0. The lowest BCUT2D eigenvalue weighted by atomic mass is 9.67. The van der Waals surface area contributed by atoms with Crippen molar-refractivity contribution in [1.29, 1.82) is 0 Å². The van der Waals surface area contributed by atoms with Crippen LogP contribution in [0, 0.1) is 0 Å². The van der Waals surface area contributed by atoms with Crippen LogP contribution in [0.4, 0.5) is 17.1 Å². The van der Waals surface area contributed by atoms with Crippen LogP contribution in [0.3, 0.4) is 0 Å². The summed E-state index contributed by atoms with van der Waals surface area (Å²) in [6.07, 6.45) is 0. The Morgan fingerprint density at radius 2 is 0.732 bits per heavy atom. The van der Waals surface area contributed by atoms with E-state index in [0.717, 1.165) is 17.1 Å². The van der Waals surface area contributed by atoms with Gasteiger partial charge in [-0.3, -0.25) is 0 Å². The Morgan fingerprint density at radius 1 is 0.268 bits per heavy atom. The summed E-state index contributed by atoms with van der Waals surface area (Å²) in [5.41, 5.74) is 20.2. The number of anilines is 3. The molecule has 0 radical (unpaired) electrons. The third-order valence-corrected chi connectivity index (χ3v) is 15.9. The van der Waals surface area contributed by atoms with Crippen LogP contribution in [-0.4, -0.2) is 0 Å². The lowest BCUT2D eigenvalue weighted by Gasteiger charge is -2.36. The molecule has 2 aliphatic rings. The van der Waals surface area contributed by atoms with E-state index < -0.39 is 5.41 Å². The van der Waals surface area contributed by atoms with Crippen LogP contribution < -0.4 is 4.90 Å². The summed E-state index contributed by atoms with van der Waals surface area (Å²) >= 11 is 0. The van der Waals surface area contributed by atoms with E-state index in [4.69, 9.17) is 0 Å². The van der Waals surface area contributed by atoms with Crippen molar-refractivity contribution in [3.63, 3.8) is 0 Å². The van der Waals surface area contributed by atoms with Gasteiger partial charge in [-0.15, -0.1) is 0 Å². The van der Waals surface area contributed by atoms with Gasteiger partial charge in [0, 0.05) is 22.4 Å². The monoisotopic (exact) mass is 903 g/mol. The fraction of sp³-hybridized carbons (Fsp3) is 0.0571. The van der Waals surface area contributed by atoms with E-state index in [1.165, 1.54) is 110 Å². The maximum absolute atomic E-state index is 2.56. The van der Waals surface area contributed by atoms with Gasteiger partial charge in [-0.2, -0.15) is 0 Å². The molecule has 0 spiro atoms. The van der Waals surface area contributed by atoms with Crippen molar-refractivity contribution in [1.82, 2.24) is 0 Å². The van der Waals surface area contributed by atoms with Crippen molar-refractivity contribution in [2.24, 2.45) is 0 Å². The Morgan fingerprint density at radius 3 is 1.37 bits per heavy atom. The van der Waals surface area contributed by atoms with Gasteiger partial charge in [-0.25, -0.2) is 0 Å². The van der Waals surface area contributed by atoms with E-state index in [2.05, 4.69) is 280 Å². The SMILES string of the molecule is CC1(C)c2ccccc2-c2ccc(N(c3ccc(-c4ccccc4)cc3)c3cc4c(cc3-c3ccc5c6ccccc6c6ccccc6c5c3)-c3ccccc3C4(c3ccccc3)c3ccccc3)cc21. The Hall–Kier alpha value is -8.78. The average molecular weight is 904 g/mol. The highest BCUT2D eigenvalue weighted by molar-refractivity contribution is 6.26. The summed E-state index contributed by atoms with van der Waals surface area (Å²) in [5.74, 6) is 0. The number of nitrogens with zero attached hydrogens (tertiary/aromatic N) is 1. The highest BCUT2D eigenvalue weighted by atomic mass is 15.1. The predicted octanol–water partition coefficient (Wildman–Crippen LogP) is 18.6. The lowest BCUT2D eigenvalue weighted by Crippen LogP contribution is -2.28. The second-order valence-corrected chi connectivity index (χ2v) is 19.9. The number of hydrogen-bond acceptors (Lipinski definition) is 1. The zero-order chi connectivity index (χ0) is 47.3. The minimum atomic E-state index is -0.593. The van der Waals surface area contributed by atoms with Gasteiger partial charge in [0.05, 0.1) is 11.1 Å². The summed E-state index contributed by atoms with van der Waals surface area (Å²) in [5, 5.41) is 7.60. The summed E-state index contributed by atoms with van der Waals surface area (Å²) < 4.78 is 0.